The molecule has 1 aliphatic carbocycles. The Bertz CT molecular complexity index is 1340. The van der Waals surface area contributed by atoms with E-state index < -0.39 is 5.97 Å². The van der Waals surface area contributed by atoms with Crippen LogP contribution in [0.15, 0.2) is 50.3 Å². The Morgan fingerprint density at radius 2 is 2.00 bits per heavy atom. The number of carbonyl (C=O) groups excluding carboxylic acids is 2. The molecule has 0 spiro atoms. The number of benzene rings is 1. The molecule has 1 aromatic carbocycles. The highest BCUT2D eigenvalue weighted by atomic mass is 79.9. The Hall–Kier alpha value is -2.23. The fourth-order valence-corrected chi connectivity index (χ4v) is 6.43. The molecule has 0 saturated carbocycles. The zero-order chi connectivity index (χ0) is 24.9. The largest absolute Gasteiger partial charge is 0.462 e. The van der Waals surface area contributed by atoms with Gasteiger partial charge in [-0.25, -0.2) is 9.78 Å². The number of allylic oxidation sites excluding steroid dienone is 2. The standard InChI is InChI=1S/C26H27BrN2O4S2/c1-3-33-25(32)22-16(2)21-23(35-22)28-26(34-15-20(30)18-9-11-19(27)12-10-18)29(24(21)31)14-13-17-7-5-4-6-8-17/h7,9-12H,3-6,8,13-15H2,1-2H3. The highest BCUT2D eigenvalue weighted by molar-refractivity contribution is 9.10. The minimum Gasteiger partial charge on any atom is -0.462 e. The number of aryl methyl sites for hydroxylation is 1. The van der Waals surface area contributed by atoms with Crippen molar-refractivity contribution in [2.45, 2.75) is 57.7 Å². The summed E-state index contributed by atoms with van der Waals surface area (Å²) in [6.07, 6.45) is 7.57. The quantitative estimate of drug-likeness (QED) is 0.0945. The van der Waals surface area contributed by atoms with Gasteiger partial charge in [-0.1, -0.05) is 51.5 Å². The van der Waals surface area contributed by atoms with Crippen LogP contribution in [0.5, 0.6) is 0 Å². The highest BCUT2D eigenvalue weighted by Crippen LogP contribution is 2.31. The molecule has 0 saturated heterocycles. The van der Waals surface area contributed by atoms with Gasteiger partial charge in [0.05, 0.1) is 17.7 Å². The number of hydrogen-bond donors (Lipinski definition) is 0. The third-order valence-corrected chi connectivity index (χ3v) is 8.69. The van der Waals surface area contributed by atoms with Crippen LogP contribution in [0.3, 0.4) is 0 Å². The fourth-order valence-electron chi connectivity index (χ4n) is 4.13. The summed E-state index contributed by atoms with van der Waals surface area (Å²) in [5.41, 5.74) is 2.40. The number of halogens is 1. The molecule has 35 heavy (non-hydrogen) atoms. The summed E-state index contributed by atoms with van der Waals surface area (Å²) in [5, 5.41) is 0.959. The monoisotopic (exact) mass is 574 g/mol. The van der Waals surface area contributed by atoms with Crippen LogP contribution in [0.25, 0.3) is 10.2 Å². The third kappa shape index (κ3) is 5.95. The van der Waals surface area contributed by atoms with Gasteiger partial charge in [-0.05, 0) is 63.6 Å². The fraction of sp³-hybridized carbons (Fsp3) is 0.385. The number of nitrogens with zero attached hydrogens (tertiary/aromatic N) is 2. The number of carbonyl (C=O) groups is 2. The first-order valence-electron chi connectivity index (χ1n) is 11.7. The second-order valence-corrected chi connectivity index (χ2v) is 11.2. The minimum absolute atomic E-state index is 0.0343. The molecule has 6 nitrogen and oxygen atoms in total. The van der Waals surface area contributed by atoms with Crippen molar-refractivity contribution >= 4 is 61.0 Å². The SMILES string of the molecule is CCOC(=O)c1sc2nc(SCC(=O)c3ccc(Br)cc3)n(CCC3=CCCCC3)c(=O)c2c1C. The van der Waals surface area contributed by atoms with E-state index in [4.69, 9.17) is 9.72 Å². The summed E-state index contributed by atoms with van der Waals surface area (Å²) in [7, 11) is 0. The average Bonchev–Trinajstić information content (AvgIpc) is 3.19. The summed E-state index contributed by atoms with van der Waals surface area (Å²) < 4.78 is 7.76. The van der Waals surface area contributed by atoms with Gasteiger partial charge in [-0.3, -0.25) is 14.2 Å². The Kier molecular flexibility index (Phi) is 8.62. The molecule has 2 heterocycles. The van der Waals surface area contributed by atoms with Gasteiger partial charge in [0, 0.05) is 16.6 Å². The maximum atomic E-state index is 13.6. The van der Waals surface area contributed by atoms with Crippen molar-refractivity contribution in [3.63, 3.8) is 0 Å². The van der Waals surface area contributed by atoms with Crippen molar-refractivity contribution in [2.75, 3.05) is 12.4 Å². The van der Waals surface area contributed by atoms with Crippen LogP contribution in [0, 0.1) is 6.92 Å². The predicted octanol–water partition coefficient (Wildman–Crippen LogP) is 6.57. The second kappa shape index (κ2) is 11.7. The second-order valence-electron chi connectivity index (χ2n) is 8.38. The average molecular weight is 576 g/mol. The van der Waals surface area contributed by atoms with E-state index in [1.807, 2.05) is 12.1 Å². The molecule has 0 N–H and O–H groups in total. The van der Waals surface area contributed by atoms with Crippen LogP contribution >= 0.6 is 39.0 Å². The summed E-state index contributed by atoms with van der Waals surface area (Å²) >= 11 is 5.83. The molecule has 0 aliphatic heterocycles. The Morgan fingerprint density at radius 3 is 2.69 bits per heavy atom. The molecule has 0 unspecified atom stereocenters. The van der Waals surface area contributed by atoms with E-state index in [1.54, 1.807) is 30.5 Å². The lowest BCUT2D eigenvalue weighted by Crippen LogP contribution is -2.24. The van der Waals surface area contributed by atoms with E-state index in [0.717, 1.165) is 23.7 Å². The molecule has 9 heteroatoms. The number of hydrogen-bond acceptors (Lipinski definition) is 7. The Balaban J connectivity index is 1.68. The van der Waals surface area contributed by atoms with Gasteiger partial charge in [0.25, 0.3) is 5.56 Å². The molecular weight excluding hydrogens is 548 g/mol. The van der Waals surface area contributed by atoms with Crippen molar-refractivity contribution in [1.82, 2.24) is 9.55 Å². The summed E-state index contributed by atoms with van der Waals surface area (Å²) in [4.78, 5) is 44.5. The molecule has 0 atom stereocenters. The summed E-state index contributed by atoms with van der Waals surface area (Å²) in [6, 6.07) is 7.23. The number of thiophene rings is 1. The lowest BCUT2D eigenvalue weighted by molar-refractivity contribution is 0.0531. The number of thioether (sulfide) groups is 1. The van der Waals surface area contributed by atoms with Gasteiger partial charge in [0.15, 0.2) is 10.9 Å². The number of Topliss-reactive ketones (excluding diaryl/α,β-unsaturated/α-hetero) is 1. The van der Waals surface area contributed by atoms with Gasteiger partial charge in [0.1, 0.15) is 9.71 Å². The van der Waals surface area contributed by atoms with Gasteiger partial charge in [-0.2, -0.15) is 0 Å². The number of fused-ring (bicyclic) bond motifs is 1. The van der Waals surface area contributed by atoms with Crippen LogP contribution in [0.2, 0.25) is 0 Å². The van der Waals surface area contributed by atoms with E-state index in [9.17, 15) is 14.4 Å². The zero-order valence-electron chi connectivity index (χ0n) is 19.8. The number of aromatic nitrogens is 2. The lowest BCUT2D eigenvalue weighted by atomic mass is 9.97. The number of ketones is 1. The van der Waals surface area contributed by atoms with E-state index in [2.05, 4.69) is 22.0 Å². The highest BCUT2D eigenvalue weighted by Gasteiger charge is 2.23. The first-order chi connectivity index (χ1) is 16.9. The molecule has 0 amide bonds. The van der Waals surface area contributed by atoms with Crippen LogP contribution in [-0.4, -0.2) is 33.7 Å². The molecule has 4 rings (SSSR count). The first kappa shape index (κ1) is 25.9. The maximum Gasteiger partial charge on any atom is 0.348 e. The first-order valence-corrected chi connectivity index (χ1v) is 14.3. The lowest BCUT2D eigenvalue weighted by Gasteiger charge is -2.15. The van der Waals surface area contributed by atoms with Crippen molar-refractivity contribution in [1.29, 1.82) is 0 Å². The van der Waals surface area contributed by atoms with E-state index >= 15 is 0 Å². The van der Waals surface area contributed by atoms with Gasteiger partial charge in [-0.15, -0.1) is 11.3 Å². The van der Waals surface area contributed by atoms with E-state index in [-0.39, 0.29) is 23.7 Å². The smallest absolute Gasteiger partial charge is 0.348 e. The molecule has 0 bridgehead atoms. The molecule has 2 aromatic heterocycles. The van der Waals surface area contributed by atoms with Crippen LogP contribution in [0.4, 0.5) is 0 Å². The molecule has 0 radical (unpaired) electrons. The van der Waals surface area contributed by atoms with Crippen molar-refractivity contribution in [3.8, 4) is 0 Å². The molecule has 0 fully saturated rings. The van der Waals surface area contributed by atoms with Gasteiger partial charge < -0.3 is 4.74 Å². The van der Waals surface area contributed by atoms with Crippen LogP contribution in [-0.2, 0) is 11.3 Å². The summed E-state index contributed by atoms with van der Waals surface area (Å²) in [5.74, 6) is -0.309. The van der Waals surface area contributed by atoms with Crippen molar-refractivity contribution in [3.05, 3.63) is 66.7 Å². The van der Waals surface area contributed by atoms with Gasteiger partial charge in [0.2, 0.25) is 0 Å². The topological polar surface area (TPSA) is 78.3 Å². The normalized spacial score (nSPS) is 13.6. The van der Waals surface area contributed by atoms with E-state index in [1.165, 1.54) is 41.5 Å². The maximum absolute atomic E-state index is 13.6. The van der Waals surface area contributed by atoms with Crippen molar-refractivity contribution < 1.29 is 14.3 Å². The Morgan fingerprint density at radius 1 is 1.23 bits per heavy atom. The number of ether oxygens (including phenoxy) is 1. The van der Waals surface area contributed by atoms with Gasteiger partial charge >= 0.3 is 5.97 Å². The zero-order valence-corrected chi connectivity index (χ0v) is 23.0. The number of esters is 1. The minimum atomic E-state index is -0.439. The van der Waals surface area contributed by atoms with E-state index in [0.29, 0.717) is 37.9 Å². The third-order valence-electron chi connectivity index (χ3n) is 6.02. The van der Waals surface area contributed by atoms with Crippen molar-refractivity contribution in [2.24, 2.45) is 0 Å². The number of rotatable bonds is 9. The van der Waals surface area contributed by atoms with Crippen LogP contribution in [0.1, 0.15) is 64.6 Å². The molecular formula is C26H27BrN2O4S2. The molecule has 3 aromatic rings. The molecule has 1 aliphatic rings. The predicted molar refractivity (Wildman–Crippen MR) is 145 cm³/mol. The van der Waals surface area contributed by atoms with Crippen LogP contribution < -0.4 is 5.56 Å². The Labute approximate surface area is 220 Å². The summed E-state index contributed by atoms with van der Waals surface area (Å²) in [6.45, 7) is 4.28. The molecule has 184 valence electrons.